The van der Waals surface area contributed by atoms with E-state index in [9.17, 15) is 19.2 Å². The fraction of sp³-hybridized carbons (Fsp3) is 0.692. The summed E-state index contributed by atoms with van der Waals surface area (Å²) >= 11 is 1.30. The number of thioether (sulfide) groups is 1. The zero-order valence-electron chi connectivity index (χ0n) is 11.9. The summed E-state index contributed by atoms with van der Waals surface area (Å²) in [5, 5.41) is -0.400. The number of likely N-dealkylation sites (tertiary alicyclic amines) is 1. The zero-order chi connectivity index (χ0) is 15.8. The topological polar surface area (TPSA) is 124 Å². The van der Waals surface area contributed by atoms with Gasteiger partial charge < -0.3 is 11.5 Å². The molecule has 1 fully saturated rings. The normalized spacial score (nSPS) is 18.3. The molecule has 4 amide bonds. The summed E-state index contributed by atoms with van der Waals surface area (Å²) < 4.78 is 0. The molecule has 1 rings (SSSR count). The highest BCUT2D eigenvalue weighted by Crippen LogP contribution is 2.26. The smallest absolute Gasteiger partial charge is 0.242 e. The molecule has 1 aliphatic heterocycles. The van der Waals surface area contributed by atoms with Crippen molar-refractivity contribution in [3.8, 4) is 0 Å². The van der Waals surface area contributed by atoms with Crippen molar-refractivity contribution in [1.29, 1.82) is 0 Å². The zero-order valence-corrected chi connectivity index (χ0v) is 12.7. The van der Waals surface area contributed by atoms with E-state index in [1.54, 1.807) is 0 Å². The lowest BCUT2D eigenvalue weighted by molar-refractivity contribution is -0.138. The van der Waals surface area contributed by atoms with Crippen LogP contribution in [-0.4, -0.2) is 46.1 Å². The Morgan fingerprint density at radius 3 is 2.38 bits per heavy atom. The van der Waals surface area contributed by atoms with Gasteiger partial charge in [0.15, 0.2) is 0 Å². The van der Waals surface area contributed by atoms with E-state index in [0.29, 0.717) is 31.6 Å². The monoisotopic (exact) mass is 315 g/mol. The molecule has 0 aromatic rings. The number of imide groups is 1. The lowest BCUT2D eigenvalue weighted by Crippen LogP contribution is -2.32. The van der Waals surface area contributed by atoms with Crippen LogP contribution >= 0.6 is 11.8 Å². The Morgan fingerprint density at radius 2 is 1.76 bits per heavy atom. The van der Waals surface area contributed by atoms with Crippen molar-refractivity contribution in [1.82, 2.24) is 4.90 Å². The maximum absolute atomic E-state index is 12.1. The molecule has 0 saturated carbocycles. The van der Waals surface area contributed by atoms with Gasteiger partial charge in [-0.3, -0.25) is 24.1 Å². The highest BCUT2D eigenvalue weighted by atomic mass is 32.2. The van der Waals surface area contributed by atoms with Crippen molar-refractivity contribution >= 4 is 35.4 Å². The molecule has 8 heteroatoms. The van der Waals surface area contributed by atoms with Crippen LogP contribution in [-0.2, 0) is 19.2 Å². The van der Waals surface area contributed by atoms with Gasteiger partial charge in [-0.1, -0.05) is 6.42 Å². The summed E-state index contributed by atoms with van der Waals surface area (Å²) in [4.78, 5) is 46.3. The van der Waals surface area contributed by atoms with E-state index < -0.39 is 11.2 Å². The Labute approximate surface area is 127 Å². The third kappa shape index (κ3) is 6.16. The minimum absolute atomic E-state index is 0.175. The van der Waals surface area contributed by atoms with Crippen molar-refractivity contribution in [2.24, 2.45) is 11.5 Å². The third-order valence-electron chi connectivity index (χ3n) is 3.17. The van der Waals surface area contributed by atoms with Gasteiger partial charge in [-0.15, -0.1) is 11.8 Å². The fourth-order valence-corrected chi connectivity index (χ4v) is 3.20. The molecule has 21 heavy (non-hydrogen) atoms. The SMILES string of the molecule is NC(=O)CCCCCN1C(=O)CC(SCCC(N)=O)C1=O. The first-order valence-corrected chi connectivity index (χ1v) is 7.99. The number of unbranched alkanes of at least 4 members (excludes halogenated alkanes) is 2. The minimum atomic E-state index is -0.412. The molecule has 4 N–H and O–H groups in total. The second-order valence-electron chi connectivity index (χ2n) is 4.94. The van der Waals surface area contributed by atoms with Crippen molar-refractivity contribution < 1.29 is 19.2 Å². The summed E-state index contributed by atoms with van der Waals surface area (Å²) in [5.74, 6) is -0.665. The average molecular weight is 315 g/mol. The number of carbonyl (C=O) groups excluding carboxylic acids is 4. The lowest BCUT2D eigenvalue weighted by Gasteiger charge is -2.14. The predicted molar refractivity (Wildman–Crippen MR) is 79.1 cm³/mol. The summed E-state index contributed by atoms with van der Waals surface area (Å²) in [7, 11) is 0. The molecule has 0 aliphatic carbocycles. The van der Waals surface area contributed by atoms with Gasteiger partial charge in [0, 0.05) is 31.6 Å². The van der Waals surface area contributed by atoms with E-state index in [1.165, 1.54) is 16.7 Å². The highest BCUT2D eigenvalue weighted by Gasteiger charge is 2.38. The number of carbonyl (C=O) groups is 4. The first-order chi connectivity index (χ1) is 9.91. The summed E-state index contributed by atoms with van der Waals surface area (Å²) in [6.45, 7) is 0.378. The first kappa shape index (κ1) is 17.5. The van der Waals surface area contributed by atoms with Crippen LogP contribution in [0.3, 0.4) is 0 Å². The molecule has 0 spiro atoms. The molecule has 118 valence electrons. The van der Waals surface area contributed by atoms with E-state index in [-0.39, 0.29) is 30.6 Å². The second kappa shape index (κ2) is 8.66. The van der Waals surface area contributed by atoms with Crippen molar-refractivity contribution in [2.75, 3.05) is 12.3 Å². The number of amides is 4. The van der Waals surface area contributed by atoms with Crippen LogP contribution in [0.25, 0.3) is 0 Å². The van der Waals surface area contributed by atoms with E-state index >= 15 is 0 Å². The van der Waals surface area contributed by atoms with Crippen LogP contribution in [0, 0.1) is 0 Å². The van der Waals surface area contributed by atoms with Gasteiger partial charge in [0.2, 0.25) is 23.6 Å². The van der Waals surface area contributed by atoms with Crippen LogP contribution < -0.4 is 11.5 Å². The Hall–Kier alpha value is -1.57. The van der Waals surface area contributed by atoms with Gasteiger partial charge in [0.25, 0.3) is 0 Å². The predicted octanol–water partition coefficient (Wildman–Crippen LogP) is -0.232. The first-order valence-electron chi connectivity index (χ1n) is 6.94. The Bertz CT molecular complexity index is 428. The van der Waals surface area contributed by atoms with Gasteiger partial charge in [-0.25, -0.2) is 0 Å². The second-order valence-corrected chi connectivity index (χ2v) is 6.25. The molecule has 1 saturated heterocycles. The van der Waals surface area contributed by atoms with Crippen molar-refractivity contribution in [3.05, 3.63) is 0 Å². The van der Waals surface area contributed by atoms with Crippen molar-refractivity contribution in [2.45, 2.75) is 43.8 Å². The van der Waals surface area contributed by atoms with Gasteiger partial charge in [0.1, 0.15) is 0 Å². The van der Waals surface area contributed by atoms with E-state index in [0.717, 1.165) is 6.42 Å². The van der Waals surface area contributed by atoms with E-state index in [2.05, 4.69) is 0 Å². The van der Waals surface area contributed by atoms with Crippen LogP contribution in [0.1, 0.15) is 38.5 Å². The standard InChI is InChI=1S/C13H21N3O4S/c14-10(17)4-2-1-3-6-16-12(19)8-9(13(16)20)21-7-5-11(15)18/h9H,1-8H2,(H2,14,17)(H2,15,18). The Kier molecular flexibility index (Phi) is 7.21. The van der Waals surface area contributed by atoms with E-state index in [1.807, 2.05) is 0 Å². The number of rotatable bonds is 10. The Morgan fingerprint density at radius 1 is 1.10 bits per heavy atom. The van der Waals surface area contributed by atoms with Crippen molar-refractivity contribution in [3.63, 3.8) is 0 Å². The van der Waals surface area contributed by atoms with Crippen LogP contribution in [0.2, 0.25) is 0 Å². The van der Waals surface area contributed by atoms with Crippen LogP contribution in [0.4, 0.5) is 0 Å². The summed E-state index contributed by atoms with van der Waals surface area (Å²) in [6.07, 6.45) is 2.80. The molecule has 0 bridgehead atoms. The minimum Gasteiger partial charge on any atom is -0.370 e. The largest absolute Gasteiger partial charge is 0.370 e. The molecule has 7 nitrogen and oxygen atoms in total. The number of primary amides is 2. The third-order valence-corrected chi connectivity index (χ3v) is 4.39. The number of hydrogen-bond donors (Lipinski definition) is 2. The molecule has 1 unspecified atom stereocenters. The molecule has 0 aromatic heterocycles. The average Bonchev–Trinajstić information content (AvgIpc) is 2.65. The van der Waals surface area contributed by atoms with Gasteiger partial charge in [0.05, 0.1) is 5.25 Å². The highest BCUT2D eigenvalue weighted by molar-refractivity contribution is 8.00. The molecular weight excluding hydrogens is 294 g/mol. The van der Waals surface area contributed by atoms with E-state index in [4.69, 9.17) is 11.5 Å². The molecule has 1 atom stereocenters. The maximum Gasteiger partial charge on any atom is 0.242 e. The molecule has 1 aliphatic rings. The molecule has 0 radical (unpaired) electrons. The molecular formula is C13H21N3O4S. The fourth-order valence-electron chi connectivity index (χ4n) is 2.07. The van der Waals surface area contributed by atoms with Crippen LogP contribution in [0.5, 0.6) is 0 Å². The van der Waals surface area contributed by atoms with Gasteiger partial charge >= 0.3 is 0 Å². The summed E-state index contributed by atoms with van der Waals surface area (Å²) in [5.41, 5.74) is 10.1. The lowest BCUT2D eigenvalue weighted by atomic mass is 10.2. The maximum atomic E-state index is 12.1. The van der Waals surface area contributed by atoms with Gasteiger partial charge in [-0.05, 0) is 12.8 Å². The number of nitrogens with two attached hydrogens (primary N) is 2. The van der Waals surface area contributed by atoms with Gasteiger partial charge in [-0.2, -0.15) is 0 Å². The number of hydrogen-bond acceptors (Lipinski definition) is 5. The molecule has 1 heterocycles. The molecule has 0 aromatic carbocycles. The summed E-state index contributed by atoms with van der Waals surface area (Å²) in [6, 6.07) is 0. The number of nitrogens with zero attached hydrogens (tertiary/aromatic N) is 1. The van der Waals surface area contributed by atoms with Crippen LogP contribution in [0.15, 0.2) is 0 Å². The Balaban J connectivity index is 2.28. The quantitative estimate of drug-likeness (QED) is 0.425.